The first-order chi connectivity index (χ1) is 12.6. The van der Waals surface area contributed by atoms with E-state index in [2.05, 4.69) is 26.1 Å². The number of nitrogens with zero attached hydrogens (tertiary/aromatic N) is 1. The molecule has 0 spiro atoms. The number of carbonyl (C=O) groups excluding carboxylic acids is 1. The Balaban J connectivity index is 1.55. The minimum atomic E-state index is -0.371. The number of halogens is 2. The van der Waals surface area contributed by atoms with Gasteiger partial charge in [0.05, 0.1) is 13.2 Å². The highest BCUT2D eigenvalue weighted by Crippen LogP contribution is 2.17. The zero-order valence-corrected chi connectivity index (χ0v) is 15.8. The molecule has 0 atom stereocenters. The lowest BCUT2D eigenvalue weighted by molar-refractivity contribution is -0.111. The summed E-state index contributed by atoms with van der Waals surface area (Å²) in [5.74, 6) is -0.671. The Bertz CT molecular complexity index is 787. The van der Waals surface area contributed by atoms with Gasteiger partial charge in [0, 0.05) is 41.4 Å². The van der Waals surface area contributed by atoms with Gasteiger partial charge in [-0.15, -0.1) is 0 Å². The molecule has 26 heavy (non-hydrogen) atoms. The molecule has 1 aliphatic heterocycles. The van der Waals surface area contributed by atoms with Crippen molar-refractivity contribution in [2.24, 2.45) is 0 Å². The fourth-order valence-corrected chi connectivity index (χ4v) is 3.08. The fourth-order valence-electron chi connectivity index (χ4n) is 2.70. The van der Waals surface area contributed by atoms with Crippen molar-refractivity contribution in [1.29, 1.82) is 0 Å². The van der Waals surface area contributed by atoms with E-state index < -0.39 is 0 Å². The molecule has 0 saturated carbocycles. The molecule has 1 saturated heterocycles. The molecule has 4 nitrogen and oxygen atoms in total. The van der Waals surface area contributed by atoms with E-state index >= 15 is 0 Å². The molecule has 2 aromatic rings. The van der Waals surface area contributed by atoms with Gasteiger partial charge >= 0.3 is 0 Å². The van der Waals surface area contributed by atoms with Gasteiger partial charge in [-0.25, -0.2) is 4.39 Å². The van der Waals surface area contributed by atoms with Gasteiger partial charge in [0.2, 0.25) is 5.91 Å². The monoisotopic (exact) mass is 418 g/mol. The second-order valence-electron chi connectivity index (χ2n) is 6.07. The third kappa shape index (κ3) is 5.49. The predicted molar refractivity (Wildman–Crippen MR) is 104 cm³/mol. The van der Waals surface area contributed by atoms with Crippen molar-refractivity contribution < 1.29 is 13.9 Å². The maximum absolute atomic E-state index is 13.7. The van der Waals surface area contributed by atoms with Crippen molar-refractivity contribution >= 4 is 33.6 Å². The lowest BCUT2D eigenvalue weighted by atomic mass is 10.2. The Kier molecular flexibility index (Phi) is 6.55. The summed E-state index contributed by atoms with van der Waals surface area (Å²) < 4.78 is 19.8. The van der Waals surface area contributed by atoms with Gasteiger partial charge < -0.3 is 10.1 Å². The number of amides is 1. The average Bonchev–Trinajstić information content (AvgIpc) is 2.65. The summed E-state index contributed by atoms with van der Waals surface area (Å²) in [7, 11) is 0. The van der Waals surface area contributed by atoms with Crippen molar-refractivity contribution in [3.8, 4) is 0 Å². The lowest BCUT2D eigenvalue weighted by Crippen LogP contribution is -2.35. The van der Waals surface area contributed by atoms with Crippen molar-refractivity contribution in [3.05, 3.63) is 70.0 Å². The molecule has 0 aliphatic carbocycles. The highest BCUT2D eigenvalue weighted by Gasteiger charge is 2.10. The fraction of sp³-hybridized carbons (Fsp3) is 0.250. The number of nitrogens with one attached hydrogen (secondary N) is 1. The standard InChI is InChI=1S/C20H20BrFN2O2/c21-17-4-7-19(22)16(13-17)3-8-20(25)23-18-5-1-15(2-6-18)14-24-9-11-26-12-10-24/h1-8,13H,9-12,14H2,(H,23,25)/b8-3+. The molecule has 0 unspecified atom stereocenters. The van der Waals surface area contributed by atoms with Crippen LogP contribution >= 0.6 is 15.9 Å². The molecule has 0 bridgehead atoms. The van der Waals surface area contributed by atoms with Crippen LogP contribution in [0.4, 0.5) is 10.1 Å². The molecule has 0 aromatic heterocycles. The molecule has 1 heterocycles. The highest BCUT2D eigenvalue weighted by molar-refractivity contribution is 9.10. The molecular formula is C20H20BrFN2O2. The quantitative estimate of drug-likeness (QED) is 0.743. The third-order valence-electron chi connectivity index (χ3n) is 4.10. The zero-order chi connectivity index (χ0) is 18.4. The van der Waals surface area contributed by atoms with E-state index in [9.17, 15) is 9.18 Å². The number of hydrogen-bond donors (Lipinski definition) is 1. The van der Waals surface area contributed by atoms with Crippen LogP contribution < -0.4 is 5.32 Å². The van der Waals surface area contributed by atoms with Crippen LogP contribution in [-0.4, -0.2) is 37.1 Å². The van der Waals surface area contributed by atoms with E-state index in [0.717, 1.165) is 37.3 Å². The van der Waals surface area contributed by atoms with Gasteiger partial charge in [-0.05, 0) is 42.0 Å². The molecule has 136 valence electrons. The summed E-state index contributed by atoms with van der Waals surface area (Å²) in [6, 6.07) is 12.4. The van der Waals surface area contributed by atoms with Crippen LogP contribution in [0, 0.1) is 5.82 Å². The van der Waals surface area contributed by atoms with Crippen LogP contribution in [-0.2, 0) is 16.1 Å². The molecule has 6 heteroatoms. The van der Waals surface area contributed by atoms with Crippen LogP contribution in [0.2, 0.25) is 0 Å². The van der Waals surface area contributed by atoms with E-state index in [1.807, 2.05) is 24.3 Å². The summed E-state index contributed by atoms with van der Waals surface area (Å²) in [6.07, 6.45) is 2.79. The molecular weight excluding hydrogens is 399 g/mol. The van der Waals surface area contributed by atoms with Gasteiger partial charge in [0.15, 0.2) is 0 Å². The van der Waals surface area contributed by atoms with Crippen LogP contribution in [0.1, 0.15) is 11.1 Å². The first-order valence-corrected chi connectivity index (χ1v) is 9.22. The van der Waals surface area contributed by atoms with Crippen molar-refractivity contribution in [2.45, 2.75) is 6.54 Å². The summed E-state index contributed by atoms with van der Waals surface area (Å²) in [5, 5.41) is 2.78. The van der Waals surface area contributed by atoms with Gasteiger partial charge in [0.1, 0.15) is 5.82 Å². The van der Waals surface area contributed by atoms with Crippen molar-refractivity contribution in [2.75, 3.05) is 31.6 Å². The number of rotatable bonds is 5. The molecule has 1 fully saturated rings. The maximum Gasteiger partial charge on any atom is 0.248 e. The summed E-state index contributed by atoms with van der Waals surface area (Å²) in [5.41, 5.74) is 2.26. The number of morpholine rings is 1. The molecule has 1 aliphatic rings. The van der Waals surface area contributed by atoms with E-state index in [0.29, 0.717) is 11.3 Å². The topological polar surface area (TPSA) is 41.6 Å². The second kappa shape index (κ2) is 9.07. The number of benzene rings is 2. The smallest absolute Gasteiger partial charge is 0.248 e. The summed E-state index contributed by atoms with van der Waals surface area (Å²) in [4.78, 5) is 14.4. The Morgan fingerprint density at radius 3 is 2.65 bits per heavy atom. The van der Waals surface area contributed by atoms with Crippen LogP contribution in [0.25, 0.3) is 6.08 Å². The Morgan fingerprint density at radius 2 is 1.92 bits per heavy atom. The number of ether oxygens (including phenoxy) is 1. The molecule has 2 aromatic carbocycles. The minimum Gasteiger partial charge on any atom is -0.379 e. The number of carbonyl (C=O) groups is 1. The Morgan fingerprint density at radius 1 is 1.19 bits per heavy atom. The largest absolute Gasteiger partial charge is 0.379 e. The maximum atomic E-state index is 13.7. The van der Waals surface area contributed by atoms with Gasteiger partial charge in [0.25, 0.3) is 0 Å². The van der Waals surface area contributed by atoms with Crippen molar-refractivity contribution in [1.82, 2.24) is 4.90 Å². The first kappa shape index (κ1) is 18.8. The second-order valence-corrected chi connectivity index (χ2v) is 6.99. The van der Waals surface area contributed by atoms with Crippen LogP contribution in [0.3, 0.4) is 0 Å². The van der Waals surface area contributed by atoms with Gasteiger partial charge in [-0.3, -0.25) is 9.69 Å². The van der Waals surface area contributed by atoms with Gasteiger partial charge in [-0.1, -0.05) is 28.1 Å². The summed E-state index contributed by atoms with van der Waals surface area (Å²) >= 11 is 3.29. The van der Waals surface area contributed by atoms with E-state index in [1.165, 1.54) is 23.8 Å². The number of anilines is 1. The molecule has 1 amide bonds. The zero-order valence-electron chi connectivity index (χ0n) is 14.3. The van der Waals surface area contributed by atoms with Crippen molar-refractivity contribution in [3.63, 3.8) is 0 Å². The van der Waals surface area contributed by atoms with Crippen LogP contribution in [0.5, 0.6) is 0 Å². The Labute approximate surface area is 160 Å². The third-order valence-corrected chi connectivity index (χ3v) is 4.60. The first-order valence-electron chi connectivity index (χ1n) is 8.43. The summed E-state index contributed by atoms with van der Waals surface area (Å²) in [6.45, 7) is 4.31. The predicted octanol–water partition coefficient (Wildman–Crippen LogP) is 4.07. The van der Waals surface area contributed by atoms with Crippen LogP contribution in [0.15, 0.2) is 53.0 Å². The normalized spacial score (nSPS) is 15.3. The number of hydrogen-bond acceptors (Lipinski definition) is 3. The molecule has 3 rings (SSSR count). The van der Waals surface area contributed by atoms with E-state index in [1.54, 1.807) is 12.1 Å². The molecule has 0 radical (unpaired) electrons. The molecule has 1 N–H and O–H groups in total. The minimum absolute atomic E-state index is 0.301. The highest BCUT2D eigenvalue weighted by atomic mass is 79.9. The Hall–Kier alpha value is -2.02. The van der Waals surface area contributed by atoms with Gasteiger partial charge in [-0.2, -0.15) is 0 Å². The van der Waals surface area contributed by atoms with E-state index in [-0.39, 0.29) is 11.7 Å². The van der Waals surface area contributed by atoms with E-state index in [4.69, 9.17) is 4.74 Å². The SMILES string of the molecule is O=C(/C=C/c1cc(Br)ccc1F)Nc1ccc(CN2CCOCC2)cc1. The average molecular weight is 419 g/mol. The lowest BCUT2D eigenvalue weighted by Gasteiger charge is -2.26.